The normalized spacial score (nSPS) is 22.9. The maximum absolute atomic E-state index is 12.3. The third-order valence-corrected chi connectivity index (χ3v) is 3.62. The number of carbonyl (C=O) groups is 2. The Hall–Kier alpha value is -1.55. The van der Waals surface area contributed by atoms with Gasteiger partial charge in [0.1, 0.15) is 6.04 Å². The van der Waals surface area contributed by atoms with Crippen LogP contribution in [0.25, 0.3) is 0 Å². The number of nitrogens with one attached hydrogen (secondary N) is 1. The molecule has 1 N–H and O–H groups in total. The molecule has 2 aliphatic heterocycles. The molecule has 1 aromatic rings. The van der Waals surface area contributed by atoms with Crippen molar-refractivity contribution in [2.24, 2.45) is 0 Å². The molecule has 0 saturated carbocycles. The average molecular weight is 251 g/mol. The molecular weight excluding hydrogens is 240 g/mol. The van der Waals surface area contributed by atoms with E-state index >= 15 is 0 Å². The summed E-state index contributed by atoms with van der Waals surface area (Å²) in [5, 5.41) is 3.17. The van der Waals surface area contributed by atoms with Gasteiger partial charge in [-0.25, -0.2) is 0 Å². The summed E-state index contributed by atoms with van der Waals surface area (Å²) in [7, 11) is 0. The number of rotatable bonds is 0. The molecule has 88 valence electrons. The first kappa shape index (κ1) is 10.6. The van der Waals surface area contributed by atoms with Crippen molar-refractivity contribution in [3.63, 3.8) is 0 Å². The minimum Gasteiger partial charge on any atom is -0.326 e. The van der Waals surface area contributed by atoms with Crippen molar-refractivity contribution in [3.8, 4) is 0 Å². The number of anilines is 1. The van der Waals surface area contributed by atoms with Gasteiger partial charge in [0.05, 0.1) is 16.3 Å². The molecular formula is C12H11ClN2O2. The summed E-state index contributed by atoms with van der Waals surface area (Å²) in [6.45, 7) is 0.627. The Morgan fingerprint density at radius 3 is 3.00 bits per heavy atom. The number of carbonyl (C=O) groups excluding carboxylic acids is 2. The second kappa shape index (κ2) is 3.74. The number of fused-ring (bicyclic) bond motifs is 2. The number of hydrogen-bond donors (Lipinski definition) is 1. The number of amides is 2. The highest BCUT2D eigenvalue weighted by molar-refractivity contribution is 6.35. The Balaban J connectivity index is 2.16. The first-order valence-corrected chi connectivity index (χ1v) is 5.96. The first-order chi connectivity index (χ1) is 8.18. The summed E-state index contributed by atoms with van der Waals surface area (Å²) in [5.41, 5.74) is 0.925. The van der Waals surface area contributed by atoms with Gasteiger partial charge in [-0.15, -0.1) is 0 Å². The van der Waals surface area contributed by atoms with E-state index in [1.165, 1.54) is 0 Å². The summed E-state index contributed by atoms with van der Waals surface area (Å²) in [6.07, 6.45) is 1.59. The number of nitrogens with zero attached hydrogens (tertiary/aromatic N) is 1. The van der Waals surface area contributed by atoms with Gasteiger partial charge >= 0.3 is 0 Å². The van der Waals surface area contributed by atoms with Gasteiger partial charge in [-0.1, -0.05) is 17.7 Å². The lowest BCUT2D eigenvalue weighted by Gasteiger charge is -2.20. The van der Waals surface area contributed by atoms with Crippen molar-refractivity contribution in [1.82, 2.24) is 4.90 Å². The number of halogens is 1. The largest absolute Gasteiger partial charge is 0.326 e. The van der Waals surface area contributed by atoms with Crippen LogP contribution in [0.2, 0.25) is 5.02 Å². The zero-order valence-corrected chi connectivity index (χ0v) is 9.83. The quantitative estimate of drug-likeness (QED) is 0.765. The van der Waals surface area contributed by atoms with E-state index in [9.17, 15) is 9.59 Å². The predicted octanol–water partition coefficient (Wildman–Crippen LogP) is 1.90. The molecule has 2 aliphatic rings. The van der Waals surface area contributed by atoms with Crippen LogP contribution in [0.3, 0.4) is 0 Å². The minimum absolute atomic E-state index is 0.114. The minimum atomic E-state index is -0.342. The van der Waals surface area contributed by atoms with Crippen LogP contribution in [0.5, 0.6) is 0 Å². The van der Waals surface area contributed by atoms with Gasteiger partial charge in [-0.3, -0.25) is 9.59 Å². The second-order valence-electron chi connectivity index (χ2n) is 4.31. The van der Waals surface area contributed by atoms with Gasteiger partial charge in [0.15, 0.2) is 0 Å². The van der Waals surface area contributed by atoms with Crippen LogP contribution in [0, 0.1) is 0 Å². The van der Waals surface area contributed by atoms with Gasteiger partial charge in [0.25, 0.3) is 5.91 Å². The lowest BCUT2D eigenvalue weighted by atomic mass is 10.1. The fraction of sp³-hybridized carbons (Fsp3) is 0.333. The molecule has 0 aromatic heterocycles. The van der Waals surface area contributed by atoms with E-state index in [1.807, 2.05) is 0 Å². The Kier molecular flexibility index (Phi) is 2.33. The maximum atomic E-state index is 12.3. The summed E-state index contributed by atoms with van der Waals surface area (Å²) < 4.78 is 0. The first-order valence-electron chi connectivity index (χ1n) is 5.59. The van der Waals surface area contributed by atoms with Gasteiger partial charge < -0.3 is 10.2 Å². The smallest absolute Gasteiger partial charge is 0.258 e. The van der Waals surface area contributed by atoms with Crippen molar-refractivity contribution in [3.05, 3.63) is 28.8 Å². The SMILES string of the molecule is O=C1Nc2cccc(Cl)c2C(=O)N2CCC[C@@H]12. The van der Waals surface area contributed by atoms with Crippen molar-refractivity contribution >= 4 is 29.1 Å². The number of benzene rings is 1. The highest BCUT2D eigenvalue weighted by atomic mass is 35.5. The van der Waals surface area contributed by atoms with E-state index < -0.39 is 0 Å². The van der Waals surface area contributed by atoms with Gasteiger partial charge in [0.2, 0.25) is 5.91 Å². The summed E-state index contributed by atoms with van der Waals surface area (Å²) in [5.74, 6) is -0.261. The predicted molar refractivity (Wildman–Crippen MR) is 64.1 cm³/mol. The number of hydrogen-bond acceptors (Lipinski definition) is 2. The van der Waals surface area contributed by atoms with Crippen LogP contribution in [0.4, 0.5) is 5.69 Å². The molecule has 5 heteroatoms. The van der Waals surface area contributed by atoms with E-state index in [2.05, 4.69) is 5.32 Å². The van der Waals surface area contributed by atoms with Crippen molar-refractivity contribution in [2.45, 2.75) is 18.9 Å². The lowest BCUT2D eigenvalue weighted by Crippen LogP contribution is -2.40. The topological polar surface area (TPSA) is 49.4 Å². The fourth-order valence-electron chi connectivity index (χ4n) is 2.49. The Morgan fingerprint density at radius 1 is 1.35 bits per heavy atom. The molecule has 0 spiro atoms. The van der Waals surface area contributed by atoms with Gasteiger partial charge in [-0.05, 0) is 25.0 Å². The van der Waals surface area contributed by atoms with Crippen molar-refractivity contribution < 1.29 is 9.59 Å². The third-order valence-electron chi connectivity index (χ3n) is 3.30. The molecule has 2 amide bonds. The van der Waals surface area contributed by atoms with Gasteiger partial charge in [-0.2, -0.15) is 0 Å². The standard InChI is InChI=1S/C12H11ClN2O2/c13-7-3-1-4-8-10(7)12(17)15-6-2-5-9(15)11(16)14-8/h1,3-4,9H,2,5-6H2,(H,14,16)/t9-/m0/s1. The van der Waals surface area contributed by atoms with Gasteiger partial charge in [0, 0.05) is 6.54 Å². The molecule has 17 heavy (non-hydrogen) atoms. The highest BCUT2D eigenvalue weighted by Gasteiger charge is 2.39. The van der Waals surface area contributed by atoms with Crippen LogP contribution in [-0.4, -0.2) is 29.3 Å². The molecule has 4 nitrogen and oxygen atoms in total. The Bertz CT molecular complexity index is 515. The van der Waals surface area contributed by atoms with Crippen molar-refractivity contribution in [1.29, 1.82) is 0 Å². The molecule has 0 radical (unpaired) electrons. The fourth-order valence-corrected chi connectivity index (χ4v) is 2.74. The monoisotopic (exact) mass is 250 g/mol. The van der Waals surface area contributed by atoms with Crippen LogP contribution in [-0.2, 0) is 4.79 Å². The van der Waals surface area contributed by atoms with E-state index in [0.717, 1.165) is 12.8 Å². The summed E-state index contributed by atoms with van der Waals surface area (Å²) in [4.78, 5) is 25.9. The van der Waals surface area contributed by atoms with E-state index in [-0.39, 0.29) is 17.9 Å². The van der Waals surface area contributed by atoms with E-state index in [4.69, 9.17) is 11.6 Å². The molecule has 1 saturated heterocycles. The average Bonchev–Trinajstić information content (AvgIpc) is 2.73. The second-order valence-corrected chi connectivity index (χ2v) is 4.72. The van der Waals surface area contributed by atoms with Crippen LogP contribution >= 0.6 is 11.6 Å². The third kappa shape index (κ3) is 1.52. The van der Waals surface area contributed by atoms with Crippen LogP contribution in [0.1, 0.15) is 23.2 Å². The van der Waals surface area contributed by atoms with Crippen molar-refractivity contribution in [2.75, 3.05) is 11.9 Å². The summed E-state index contributed by atoms with van der Waals surface area (Å²) >= 11 is 6.05. The molecule has 1 aromatic carbocycles. The Labute approximate surface area is 104 Å². The Morgan fingerprint density at radius 2 is 2.18 bits per heavy atom. The van der Waals surface area contributed by atoms with E-state index in [1.54, 1.807) is 23.1 Å². The molecule has 0 aliphatic carbocycles. The molecule has 1 fully saturated rings. The molecule has 2 heterocycles. The van der Waals surface area contributed by atoms with Crippen LogP contribution < -0.4 is 5.32 Å². The lowest BCUT2D eigenvalue weighted by molar-refractivity contribution is -0.119. The molecule has 3 rings (SSSR count). The molecule has 0 bridgehead atoms. The van der Waals surface area contributed by atoms with Crippen LogP contribution in [0.15, 0.2) is 18.2 Å². The zero-order chi connectivity index (χ0) is 12.0. The summed E-state index contributed by atoms with van der Waals surface area (Å²) in [6, 6.07) is 4.76. The zero-order valence-electron chi connectivity index (χ0n) is 9.07. The molecule has 1 atom stereocenters. The molecule has 0 unspecified atom stereocenters. The highest BCUT2D eigenvalue weighted by Crippen LogP contribution is 2.32. The maximum Gasteiger partial charge on any atom is 0.258 e. The van der Waals surface area contributed by atoms with E-state index in [0.29, 0.717) is 22.8 Å².